The third-order valence-corrected chi connectivity index (χ3v) is 3.16. The van der Waals surface area contributed by atoms with Gasteiger partial charge in [0.15, 0.2) is 11.5 Å². The Balaban J connectivity index is 0.00000288. The molecule has 0 atom stereocenters. The maximum Gasteiger partial charge on any atom is 0.255 e. The number of methoxy groups -OCH3 is 1. The van der Waals surface area contributed by atoms with Gasteiger partial charge in [-0.1, -0.05) is 18.2 Å². The second-order valence-corrected chi connectivity index (χ2v) is 4.71. The van der Waals surface area contributed by atoms with E-state index in [0.29, 0.717) is 24.4 Å². The number of para-hydroxylation sites is 2. The number of phenols is 2. The number of benzene rings is 2. The number of hydrogen-bond acceptors (Lipinski definition) is 5. The van der Waals surface area contributed by atoms with E-state index in [0.717, 1.165) is 0 Å². The SMILES string of the molecule is COc1cccc(C=NCCNC(=O)c2ccccc2O)c1O.[Mn]. The molecule has 0 saturated heterocycles. The van der Waals surface area contributed by atoms with E-state index in [9.17, 15) is 15.0 Å². The average Bonchev–Trinajstić information content (AvgIpc) is 2.56. The molecule has 6 nitrogen and oxygen atoms in total. The van der Waals surface area contributed by atoms with Crippen molar-refractivity contribution in [2.45, 2.75) is 0 Å². The molecule has 0 unspecified atom stereocenters. The molecule has 24 heavy (non-hydrogen) atoms. The van der Waals surface area contributed by atoms with Gasteiger partial charge in [0, 0.05) is 35.4 Å². The van der Waals surface area contributed by atoms with Gasteiger partial charge in [-0.05, 0) is 24.3 Å². The first kappa shape index (κ1) is 19.5. The number of hydrogen-bond donors (Lipinski definition) is 3. The van der Waals surface area contributed by atoms with Gasteiger partial charge in [-0.2, -0.15) is 0 Å². The molecule has 2 aromatic carbocycles. The van der Waals surface area contributed by atoms with E-state index in [1.54, 1.807) is 36.4 Å². The van der Waals surface area contributed by atoms with Crippen LogP contribution in [0.15, 0.2) is 47.5 Å². The van der Waals surface area contributed by atoms with Gasteiger partial charge in [0.1, 0.15) is 5.75 Å². The summed E-state index contributed by atoms with van der Waals surface area (Å²) >= 11 is 0. The predicted octanol–water partition coefficient (Wildman–Crippen LogP) is 1.95. The van der Waals surface area contributed by atoms with Crippen LogP contribution < -0.4 is 10.1 Å². The van der Waals surface area contributed by atoms with Crippen molar-refractivity contribution in [1.29, 1.82) is 0 Å². The smallest absolute Gasteiger partial charge is 0.255 e. The number of phenolic OH excluding ortho intramolecular Hbond substituents is 2. The van der Waals surface area contributed by atoms with Crippen LogP contribution in [0.4, 0.5) is 0 Å². The van der Waals surface area contributed by atoms with Crippen LogP contribution in [-0.4, -0.2) is 42.5 Å². The number of ether oxygens (including phenoxy) is 1. The normalized spacial score (nSPS) is 10.2. The van der Waals surface area contributed by atoms with E-state index in [1.807, 2.05) is 0 Å². The van der Waals surface area contributed by atoms with Gasteiger partial charge in [0.2, 0.25) is 0 Å². The number of aliphatic imine (C=N–C) groups is 1. The zero-order valence-corrected chi connectivity index (χ0v) is 14.2. The zero-order valence-electron chi connectivity index (χ0n) is 13.1. The number of carbonyl (C=O) groups excluding carboxylic acids is 1. The summed E-state index contributed by atoms with van der Waals surface area (Å²) in [6.07, 6.45) is 1.52. The van der Waals surface area contributed by atoms with E-state index in [4.69, 9.17) is 4.74 Å². The summed E-state index contributed by atoms with van der Waals surface area (Å²) in [5.74, 6) is -0.0175. The van der Waals surface area contributed by atoms with E-state index in [1.165, 1.54) is 19.4 Å². The van der Waals surface area contributed by atoms with Crippen LogP contribution in [0.1, 0.15) is 15.9 Å². The molecule has 1 amide bonds. The second-order valence-electron chi connectivity index (χ2n) is 4.71. The number of carbonyl (C=O) groups is 1. The van der Waals surface area contributed by atoms with Crippen molar-refractivity contribution >= 4 is 12.1 Å². The van der Waals surface area contributed by atoms with Gasteiger partial charge in [-0.25, -0.2) is 0 Å². The summed E-state index contributed by atoms with van der Waals surface area (Å²) in [5, 5.41) is 22.1. The standard InChI is InChI=1S/C17H18N2O4.Mn/c1-23-15-8-4-5-12(16(15)21)11-18-9-10-19-17(22)13-6-2-3-7-14(13)20;/h2-8,11,20-21H,9-10H2,1H3,(H,19,22);. The Morgan fingerprint density at radius 1 is 1.21 bits per heavy atom. The Morgan fingerprint density at radius 3 is 2.67 bits per heavy atom. The zero-order chi connectivity index (χ0) is 16.7. The van der Waals surface area contributed by atoms with Crippen LogP contribution in [0, 0.1) is 0 Å². The molecule has 0 bridgehead atoms. The summed E-state index contributed by atoms with van der Waals surface area (Å²) in [5.41, 5.74) is 0.762. The van der Waals surface area contributed by atoms with E-state index in [-0.39, 0.29) is 40.0 Å². The van der Waals surface area contributed by atoms with Crippen molar-refractivity contribution in [2.24, 2.45) is 4.99 Å². The Hall–Kier alpha value is -2.50. The molecule has 0 saturated carbocycles. The van der Waals surface area contributed by atoms with Gasteiger partial charge in [0.05, 0.1) is 19.2 Å². The molecule has 2 aromatic rings. The van der Waals surface area contributed by atoms with Crippen molar-refractivity contribution in [3.63, 3.8) is 0 Å². The molecule has 2 rings (SSSR count). The number of amides is 1. The molecular weight excluding hydrogens is 351 g/mol. The van der Waals surface area contributed by atoms with Crippen molar-refractivity contribution in [3.05, 3.63) is 53.6 Å². The second kappa shape index (κ2) is 9.60. The molecule has 0 aliphatic rings. The van der Waals surface area contributed by atoms with Gasteiger partial charge >= 0.3 is 0 Å². The van der Waals surface area contributed by atoms with Gasteiger partial charge in [-0.3, -0.25) is 9.79 Å². The summed E-state index contributed by atoms with van der Waals surface area (Å²) in [7, 11) is 1.48. The van der Waals surface area contributed by atoms with Gasteiger partial charge in [0.25, 0.3) is 5.91 Å². The van der Waals surface area contributed by atoms with E-state index >= 15 is 0 Å². The van der Waals surface area contributed by atoms with Crippen molar-refractivity contribution in [1.82, 2.24) is 5.32 Å². The minimum atomic E-state index is -0.359. The van der Waals surface area contributed by atoms with Crippen molar-refractivity contribution in [3.8, 4) is 17.2 Å². The van der Waals surface area contributed by atoms with Crippen LogP contribution in [0.5, 0.6) is 17.2 Å². The average molecular weight is 369 g/mol. The fraction of sp³-hybridized carbons (Fsp3) is 0.176. The number of aromatic hydroxyl groups is 2. The van der Waals surface area contributed by atoms with Crippen LogP contribution in [-0.2, 0) is 17.1 Å². The fourth-order valence-corrected chi connectivity index (χ4v) is 1.97. The van der Waals surface area contributed by atoms with Crippen LogP contribution in [0.2, 0.25) is 0 Å². The van der Waals surface area contributed by atoms with Crippen molar-refractivity contribution < 1.29 is 36.8 Å². The first-order chi connectivity index (χ1) is 11.1. The number of rotatable bonds is 6. The number of nitrogens with one attached hydrogen (secondary N) is 1. The molecule has 127 valence electrons. The number of nitrogens with zero attached hydrogens (tertiary/aromatic N) is 1. The molecular formula is C17H18MnN2O4. The molecule has 0 heterocycles. The van der Waals surface area contributed by atoms with Gasteiger partial charge in [-0.15, -0.1) is 0 Å². The molecule has 7 heteroatoms. The first-order valence-corrected chi connectivity index (χ1v) is 7.05. The molecule has 1 radical (unpaired) electrons. The minimum absolute atomic E-state index is 0. The van der Waals surface area contributed by atoms with Crippen LogP contribution in [0.3, 0.4) is 0 Å². The maximum absolute atomic E-state index is 11.9. The summed E-state index contributed by atoms with van der Waals surface area (Å²) in [6, 6.07) is 11.4. The molecule has 0 spiro atoms. The largest absolute Gasteiger partial charge is 0.507 e. The monoisotopic (exact) mass is 369 g/mol. The first-order valence-electron chi connectivity index (χ1n) is 7.05. The quantitative estimate of drug-likeness (QED) is 0.412. The molecule has 0 fully saturated rings. The van der Waals surface area contributed by atoms with Gasteiger partial charge < -0.3 is 20.3 Å². The van der Waals surface area contributed by atoms with Crippen LogP contribution in [0.25, 0.3) is 0 Å². The summed E-state index contributed by atoms with van der Waals surface area (Å²) in [6.45, 7) is 0.657. The van der Waals surface area contributed by atoms with Crippen LogP contribution >= 0.6 is 0 Å². The van der Waals surface area contributed by atoms with E-state index in [2.05, 4.69) is 10.3 Å². The topological polar surface area (TPSA) is 91.2 Å². The molecule has 0 aromatic heterocycles. The molecule has 0 aliphatic carbocycles. The van der Waals surface area contributed by atoms with Crippen molar-refractivity contribution in [2.75, 3.05) is 20.2 Å². The van der Waals surface area contributed by atoms with E-state index < -0.39 is 0 Å². The third kappa shape index (κ3) is 5.01. The Morgan fingerprint density at radius 2 is 1.96 bits per heavy atom. The summed E-state index contributed by atoms with van der Waals surface area (Å²) < 4.78 is 5.01. The molecule has 3 N–H and O–H groups in total. The maximum atomic E-state index is 11.9. The predicted molar refractivity (Wildman–Crippen MR) is 87.6 cm³/mol. The Labute approximate surface area is 150 Å². The Bertz CT molecular complexity index is 719. The summed E-state index contributed by atoms with van der Waals surface area (Å²) in [4.78, 5) is 16.0. The fourth-order valence-electron chi connectivity index (χ4n) is 1.97. The minimum Gasteiger partial charge on any atom is -0.507 e. The Kier molecular flexibility index (Phi) is 7.82. The molecule has 0 aliphatic heterocycles. The third-order valence-electron chi connectivity index (χ3n) is 3.16.